The summed E-state index contributed by atoms with van der Waals surface area (Å²) in [5.74, 6) is 0.978. The number of hydrogen-bond donors (Lipinski definition) is 3. The number of aliphatic hydroxyl groups excluding tert-OH is 1. The third-order valence-corrected chi connectivity index (χ3v) is 7.27. The van der Waals surface area contributed by atoms with Gasteiger partial charge in [0.25, 0.3) is 0 Å². The zero-order valence-corrected chi connectivity index (χ0v) is 23.0. The summed E-state index contributed by atoms with van der Waals surface area (Å²) in [5, 5.41) is 15.6. The van der Waals surface area contributed by atoms with Gasteiger partial charge in [0.1, 0.15) is 17.6 Å². The summed E-state index contributed by atoms with van der Waals surface area (Å²) in [7, 11) is 3.27. The van der Waals surface area contributed by atoms with Crippen molar-refractivity contribution in [3.63, 3.8) is 0 Å². The molecule has 0 radical (unpaired) electrons. The van der Waals surface area contributed by atoms with E-state index < -0.39 is 6.10 Å². The number of aliphatic hydroxyl groups is 1. The molecule has 2 aromatic rings. The lowest BCUT2D eigenvalue weighted by Crippen LogP contribution is -2.48. The first-order valence-corrected chi connectivity index (χ1v) is 13.4. The van der Waals surface area contributed by atoms with Crippen molar-refractivity contribution in [3.8, 4) is 11.5 Å². The Kier molecular flexibility index (Phi) is 8.96. The number of rotatable bonds is 8. The Morgan fingerprint density at radius 3 is 2.49 bits per heavy atom. The quantitative estimate of drug-likeness (QED) is 0.474. The van der Waals surface area contributed by atoms with Crippen molar-refractivity contribution in [3.05, 3.63) is 48.0 Å². The fourth-order valence-electron chi connectivity index (χ4n) is 4.56. The van der Waals surface area contributed by atoms with E-state index in [0.717, 1.165) is 12.8 Å². The van der Waals surface area contributed by atoms with Crippen molar-refractivity contribution < 1.29 is 29.0 Å². The van der Waals surface area contributed by atoms with E-state index in [1.54, 1.807) is 73.3 Å². The van der Waals surface area contributed by atoms with Gasteiger partial charge in [-0.25, -0.2) is 4.79 Å². The second-order valence-corrected chi connectivity index (χ2v) is 10.5. The Hall–Kier alpha value is -3.79. The van der Waals surface area contributed by atoms with E-state index in [9.17, 15) is 19.5 Å². The highest BCUT2D eigenvalue weighted by Crippen LogP contribution is 2.32. The number of urea groups is 1. The van der Waals surface area contributed by atoms with Crippen molar-refractivity contribution >= 4 is 29.2 Å². The lowest BCUT2D eigenvalue weighted by Gasteiger charge is -2.34. The molecule has 4 amide bonds. The Bertz CT molecular complexity index is 1180. The largest absolute Gasteiger partial charge is 0.497 e. The first-order chi connectivity index (χ1) is 18.7. The molecule has 1 aliphatic heterocycles. The smallest absolute Gasteiger partial charge is 0.321 e. The zero-order chi connectivity index (χ0) is 28.1. The number of likely N-dealkylation sites (N-methyl/N-ethyl adjacent to an activating group) is 1. The standard InChI is InChI=1S/C29H38N4O6/c1-18-15-33(19(2)17-34)27(35)14-21-13-23(30-28(36)20-5-6-20)9-12-25(21)39-26(18)16-32(3)29(37)31-22-7-10-24(38-4)11-8-22/h7-13,18-20,26,34H,5-6,14-17H2,1-4H3,(H,30,36)(H,31,37)/t18-,19-,26+/m0/s1. The Morgan fingerprint density at radius 2 is 1.85 bits per heavy atom. The second-order valence-electron chi connectivity index (χ2n) is 10.5. The fourth-order valence-corrected chi connectivity index (χ4v) is 4.56. The van der Waals surface area contributed by atoms with Gasteiger partial charge in [-0.3, -0.25) is 9.59 Å². The summed E-state index contributed by atoms with van der Waals surface area (Å²) in [6.45, 7) is 4.23. The number of fused-ring (bicyclic) bond motifs is 1. The summed E-state index contributed by atoms with van der Waals surface area (Å²) < 4.78 is 11.6. The van der Waals surface area contributed by atoms with Crippen LogP contribution in [0, 0.1) is 11.8 Å². The predicted molar refractivity (Wildman–Crippen MR) is 148 cm³/mol. The molecule has 10 nitrogen and oxygen atoms in total. The van der Waals surface area contributed by atoms with Crippen LogP contribution in [0.5, 0.6) is 11.5 Å². The van der Waals surface area contributed by atoms with Crippen molar-refractivity contribution in [2.45, 2.75) is 45.3 Å². The number of carbonyl (C=O) groups is 3. The summed E-state index contributed by atoms with van der Waals surface area (Å²) in [6.07, 6.45) is 1.42. The van der Waals surface area contributed by atoms with Crippen LogP contribution in [0.1, 0.15) is 32.3 Å². The van der Waals surface area contributed by atoms with Gasteiger partial charge in [-0.1, -0.05) is 6.92 Å². The first-order valence-electron chi connectivity index (χ1n) is 13.4. The van der Waals surface area contributed by atoms with Crippen LogP contribution in [0.15, 0.2) is 42.5 Å². The minimum absolute atomic E-state index is 0.0169. The number of ether oxygens (including phenoxy) is 2. The number of methoxy groups -OCH3 is 1. The van der Waals surface area contributed by atoms with Crippen LogP contribution < -0.4 is 20.1 Å². The minimum Gasteiger partial charge on any atom is -0.497 e. The third kappa shape index (κ3) is 7.20. The fraction of sp³-hybridized carbons (Fsp3) is 0.483. The maximum atomic E-state index is 13.4. The van der Waals surface area contributed by atoms with E-state index in [2.05, 4.69) is 10.6 Å². The van der Waals surface area contributed by atoms with E-state index in [4.69, 9.17) is 9.47 Å². The van der Waals surface area contributed by atoms with Crippen LogP contribution >= 0.6 is 0 Å². The molecule has 10 heteroatoms. The van der Waals surface area contributed by atoms with Gasteiger partial charge in [-0.15, -0.1) is 0 Å². The molecule has 1 heterocycles. The summed E-state index contributed by atoms with van der Waals surface area (Å²) in [6, 6.07) is 11.7. The number of hydrogen-bond acceptors (Lipinski definition) is 6. The van der Waals surface area contributed by atoms with E-state index in [0.29, 0.717) is 35.0 Å². The van der Waals surface area contributed by atoms with E-state index in [1.165, 1.54) is 0 Å². The summed E-state index contributed by atoms with van der Waals surface area (Å²) >= 11 is 0. The minimum atomic E-state index is -0.443. The number of nitrogens with one attached hydrogen (secondary N) is 2. The zero-order valence-electron chi connectivity index (χ0n) is 23.0. The number of nitrogens with zero attached hydrogens (tertiary/aromatic N) is 2. The van der Waals surface area contributed by atoms with Crippen molar-refractivity contribution in [2.75, 3.05) is 44.5 Å². The van der Waals surface area contributed by atoms with Crippen LogP contribution in [0.3, 0.4) is 0 Å². The molecule has 0 bridgehead atoms. The molecule has 0 unspecified atom stereocenters. The maximum absolute atomic E-state index is 13.4. The average molecular weight is 539 g/mol. The van der Waals surface area contributed by atoms with Gasteiger partial charge in [0, 0.05) is 42.4 Å². The van der Waals surface area contributed by atoms with E-state index in [1.807, 2.05) is 6.92 Å². The summed E-state index contributed by atoms with van der Waals surface area (Å²) in [4.78, 5) is 41.9. The highest BCUT2D eigenvalue weighted by Gasteiger charge is 2.33. The van der Waals surface area contributed by atoms with Crippen LogP contribution in [0.2, 0.25) is 0 Å². The Labute approximate surface area is 229 Å². The molecule has 1 aliphatic carbocycles. The molecule has 1 fully saturated rings. The molecule has 1 saturated carbocycles. The number of benzene rings is 2. The third-order valence-electron chi connectivity index (χ3n) is 7.27. The predicted octanol–water partition coefficient (Wildman–Crippen LogP) is 3.36. The molecule has 210 valence electrons. The highest BCUT2D eigenvalue weighted by atomic mass is 16.5. The van der Waals surface area contributed by atoms with Crippen LogP contribution in [0.4, 0.5) is 16.2 Å². The van der Waals surface area contributed by atoms with Crippen LogP contribution in [-0.4, -0.2) is 78.8 Å². The van der Waals surface area contributed by atoms with E-state index in [-0.39, 0.29) is 55.3 Å². The molecule has 39 heavy (non-hydrogen) atoms. The molecule has 0 aromatic heterocycles. The Balaban J connectivity index is 1.55. The SMILES string of the molecule is COc1ccc(NC(=O)N(C)C[C@H]2Oc3ccc(NC(=O)C4CC4)cc3CC(=O)N([C@@H](C)CO)C[C@@H]2C)cc1. The number of carbonyl (C=O) groups excluding carboxylic acids is 3. The lowest BCUT2D eigenvalue weighted by atomic mass is 10.0. The molecule has 0 spiro atoms. The van der Waals surface area contributed by atoms with Gasteiger partial charge in [0.15, 0.2) is 0 Å². The van der Waals surface area contributed by atoms with Gasteiger partial charge in [0.05, 0.1) is 32.7 Å². The summed E-state index contributed by atoms with van der Waals surface area (Å²) in [5.41, 5.74) is 1.90. The van der Waals surface area contributed by atoms with Gasteiger partial charge >= 0.3 is 6.03 Å². The molecule has 0 saturated heterocycles. The second kappa shape index (κ2) is 12.4. The van der Waals surface area contributed by atoms with E-state index >= 15 is 0 Å². The topological polar surface area (TPSA) is 120 Å². The molecule has 4 rings (SSSR count). The molecule has 2 aliphatic rings. The molecular formula is C29H38N4O6. The van der Waals surface area contributed by atoms with Crippen LogP contribution in [0.25, 0.3) is 0 Å². The molecule has 3 N–H and O–H groups in total. The average Bonchev–Trinajstić information content (AvgIpc) is 3.77. The maximum Gasteiger partial charge on any atom is 0.321 e. The van der Waals surface area contributed by atoms with Gasteiger partial charge in [-0.05, 0) is 62.2 Å². The first kappa shape index (κ1) is 28.2. The van der Waals surface area contributed by atoms with Gasteiger partial charge < -0.3 is 35.0 Å². The molecule has 2 aromatic carbocycles. The number of anilines is 2. The van der Waals surface area contributed by atoms with Crippen molar-refractivity contribution in [1.82, 2.24) is 9.80 Å². The number of amides is 4. The molecule has 3 atom stereocenters. The van der Waals surface area contributed by atoms with Gasteiger partial charge in [-0.2, -0.15) is 0 Å². The monoisotopic (exact) mass is 538 g/mol. The van der Waals surface area contributed by atoms with Gasteiger partial charge in [0.2, 0.25) is 11.8 Å². The molecular weight excluding hydrogens is 500 g/mol. The highest BCUT2D eigenvalue weighted by molar-refractivity contribution is 5.94. The lowest BCUT2D eigenvalue weighted by molar-refractivity contribution is -0.134. The van der Waals surface area contributed by atoms with Crippen LogP contribution in [-0.2, 0) is 16.0 Å². The van der Waals surface area contributed by atoms with Crippen molar-refractivity contribution in [2.24, 2.45) is 11.8 Å². The Morgan fingerprint density at radius 1 is 1.15 bits per heavy atom. The van der Waals surface area contributed by atoms with Crippen molar-refractivity contribution in [1.29, 1.82) is 0 Å². The normalized spacial score (nSPS) is 19.9.